The van der Waals surface area contributed by atoms with E-state index in [0.29, 0.717) is 12.2 Å². The number of aromatic amines is 1. The first-order chi connectivity index (χ1) is 7.25. The average molecular weight is 203 g/mol. The second kappa shape index (κ2) is 4.18. The molecule has 2 heterocycles. The molecule has 2 rings (SSSR count). The molecule has 1 atom stereocenters. The van der Waals surface area contributed by atoms with Gasteiger partial charge in [0, 0.05) is 18.8 Å². The van der Waals surface area contributed by atoms with Gasteiger partial charge in [0.05, 0.1) is 6.04 Å². The van der Waals surface area contributed by atoms with Crippen LogP contribution in [0.25, 0.3) is 0 Å². The smallest absolute Gasteiger partial charge is 0.167 e. The van der Waals surface area contributed by atoms with Crippen molar-refractivity contribution in [2.24, 2.45) is 5.73 Å². The van der Waals surface area contributed by atoms with Crippen molar-refractivity contribution in [3.05, 3.63) is 41.7 Å². The zero-order chi connectivity index (χ0) is 10.7. The van der Waals surface area contributed by atoms with Gasteiger partial charge in [-0.25, -0.2) is 4.98 Å². The Bertz CT molecular complexity index is 420. The van der Waals surface area contributed by atoms with E-state index in [4.69, 9.17) is 5.73 Å². The molecule has 3 N–H and O–H groups in total. The zero-order valence-electron chi connectivity index (χ0n) is 8.51. The Morgan fingerprint density at radius 3 is 3.00 bits per heavy atom. The Balaban J connectivity index is 2.12. The number of pyridine rings is 1. The van der Waals surface area contributed by atoms with Gasteiger partial charge in [-0.1, -0.05) is 6.07 Å². The summed E-state index contributed by atoms with van der Waals surface area (Å²) in [6, 6.07) is 3.77. The van der Waals surface area contributed by atoms with E-state index in [1.54, 1.807) is 6.20 Å². The fourth-order valence-corrected chi connectivity index (χ4v) is 1.29. The summed E-state index contributed by atoms with van der Waals surface area (Å²) < 4.78 is 0. The molecule has 0 aromatic carbocycles. The van der Waals surface area contributed by atoms with Gasteiger partial charge in [-0.3, -0.25) is 10.1 Å². The van der Waals surface area contributed by atoms with Crippen LogP contribution in [-0.4, -0.2) is 20.2 Å². The van der Waals surface area contributed by atoms with Crippen molar-refractivity contribution in [3.63, 3.8) is 0 Å². The first-order valence-corrected chi connectivity index (χ1v) is 4.81. The average Bonchev–Trinajstić information content (AvgIpc) is 2.68. The van der Waals surface area contributed by atoms with Gasteiger partial charge in [-0.15, -0.1) is 0 Å². The highest BCUT2D eigenvalue weighted by molar-refractivity contribution is 5.14. The quantitative estimate of drug-likeness (QED) is 0.773. The fraction of sp³-hybridized carbons (Fsp3) is 0.300. The van der Waals surface area contributed by atoms with Crippen molar-refractivity contribution in [1.29, 1.82) is 0 Å². The van der Waals surface area contributed by atoms with Gasteiger partial charge in [0.2, 0.25) is 0 Å². The molecule has 0 saturated carbocycles. The summed E-state index contributed by atoms with van der Waals surface area (Å²) in [4.78, 5) is 8.32. The maximum absolute atomic E-state index is 5.66. The van der Waals surface area contributed by atoms with Gasteiger partial charge in [0.15, 0.2) is 5.82 Å². The largest absolute Gasteiger partial charge is 0.321 e. The van der Waals surface area contributed by atoms with Gasteiger partial charge in [-0.05, 0) is 18.6 Å². The topological polar surface area (TPSA) is 80.5 Å². The van der Waals surface area contributed by atoms with Crippen molar-refractivity contribution in [2.75, 3.05) is 0 Å². The molecule has 0 aliphatic heterocycles. The lowest BCUT2D eigenvalue weighted by Crippen LogP contribution is -2.06. The maximum atomic E-state index is 5.66. The summed E-state index contributed by atoms with van der Waals surface area (Å²) in [6.45, 7) is 1.86. The molecule has 5 heteroatoms. The second-order valence-corrected chi connectivity index (χ2v) is 3.47. The van der Waals surface area contributed by atoms with E-state index < -0.39 is 0 Å². The lowest BCUT2D eigenvalue weighted by Gasteiger charge is -1.96. The molecule has 0 amide bonds. The van der Waals surface area contributed by atoms with Gasteiger partial charge < -0.3 is 5.73 Å². The lowest BCUT2D eigenvalue weighted by atomic mass is 10.2. The molecule has 5 nitrogen and oxygen atoms in total. The third-order valence-corrected chi connectivity index (χ3v) is 2.05. The van der Waals surface area contributed by atoms with E-state index in [2.05, 4.69) is 20.2 Å². The Kier molecular flexibility index (Phi) is 2.73. The number of aromatic nitrogens is 4. The van der Waals surface area contributed by atoms with Gasteiger partial charge in [0.1, 0.15) is 5.82 Å². The molecular formula is C10H13N5. The SMILES string of the molecule is CC(N)c1n[nH]c(Cc2cccnc2)n1. The van der Waals surface area contributed by atoms with E-state index in [1.165, 1.54) is 0 Å². The van der Waals surface area contributed by atoms with Crippen LogP contribution in [0, 0.1) is 0 Å². The zero-order valence-corrected chi connectivity index (χ0v) is 8.51. The van der Waals surface area contributed by atoms with Crippen molar-refractivity contribution in [3.8, 4) is 0 Å². The van der Waals surface area contributed by atoms with E-state index >= 15 is 0 Å². The Morgan fingerprint density at radius 2 is 2.40 bits per heavy atom. The van der Waals surface area contributed by atoms with Crippen LogP contribution >= 0.6 is 0 Å². The summed E-state index contributed by atoms with van der Waals surface area (Å²) >= 11 is 0. The third-order valence-electron chi connectivity index (χ3n) is 2.05. The first kappa shape index (κ1) is 9.79. The number of nitrogens with zero attached hydrogens (tertiary/aromatic N) is 3. The van der Waals surface area contributed by atoms with Crippen molar-refractivity contribution >= 4 is 0 Å². The number of nitrogens with two attached hydrogens (primary N) is 1. The van der Waals surface area contributed by atoms with Crippen LogP contribution in [0.3, 0.4) is 0 Å². The molecular weight excluding hydrogens is 190 g/mol. The van der Waals surface area contributed by atoms with Gasteiger partial charge in [0.25, 0.3) is 0 Å². The highest BCUT2D eigenvalue weighted by Crippen LogP contribution is 2.06. The standard InChI is InChI=1S/C10H13N5/c1-7(11)10-13-9(14-15-10)5-8-3-2-4-12-6-8/h2-4,6-7H,5,11H2,1H3,(H,13,14,15). The van der Waals surface area contributed by atoms with Crippen molar-refractivity contribution < 1.29 is 0 Å². The Hall–Kier alpha value is -1.75. The number of hydrogen-bond donors (Lipinski definition) is 2. The minimum atomic E-state index is -0.135. The van der Waals surface area contributed by atoms with Gasteiger partial charge in [-0.2, -0.15) is 5.10 Å². The van der Waals surface area contributed by atoms with E-state index in [0.717, 1.165) is 11.4 Å². The summed E-state index contributed by atoms with van der Waals surface area (Å²) in [5, 5.41) is 6.90. The summed E-state index contributed by atoms with van der Waals surface area (Å²) in [5.41, 5.74) is 6.76. The predicted octanol–water partition coefficient (Wildman–Crippen LogP) is 0.810. The predicted molar refractivity (Wildman–Crippen MR) is 56.0 cm³/mol. The fourth-order valence-electron chi connectivity index (χ4n) is 1.29. The highest BCUT2D eigenvalue weighted by atomic mass is 15.2. The summed E-state index contributed by atoms with van der Waals surface area (Å²) in [6.07, 6.45) is 4.26. The minimum Gasteiger partial charge on any atom is -0.321 e. The molecule has 0 aliphatic carbocycles. The molecule has 0 bridgehead atoms. The lowest BCUT2D eigenvalue weighted by molar-refractivity contribution is 0.744. The van der Waals surface area contributed by atoms with E-state index in [9.17, 15) is 0 Å². The van der Waals surface area contributed by atoms with E-state index in [1.807, 2.05) is 25.3 Å². The highest BCUT2D eigenvalue weighted by Gasteiger charge is 2.07. The molecule has 0 spiro atoms. The van der Waals surface area contributed by atoms with Crippen LogP contribution in [0.2, 0.25) is 0 Å². The Morgan fingerprint density at radius 1 is 1.53 bits per heavy atom. The summed E-state index contributed by atoms with van der Waals surface area (Å²) in [5.74, 6) is 1.46. The van der Waals surface area contributed by atoms with Crippen LogP contribution in [0.4, 0.5) is 0 Å². The number of hydrogen-bond acceptors (Lipinski definition) is 4. The molecule has 78 valence electrons. The van der Waals surface area contributed by atoms with Crippen molar-refractivity contribution in [1.82, 2.24) is 20.2 Å². The van der Waals surface area contributed by atoms with E-state index in [-0.39, 0.29) is 6.04 Å². The molecule has 0 radical (unpaired) electrons. The minimum absolute atomic E-state index is 0.135. The molecule has 1 unspecified atom stereocenters. The first-order valence-electron chi connectivity index (χ1n) is 4.81. The van der Waals surface area contributed by atoms with Crippen LogP contribution in [0.5, 0.6) is 0 Å². The van der Waals surface area contributed by atoms with Crippen LogP contribution in [0.1, 0.15) is 30.2 Å². The monoisotopic (exact) mass is 203 g/mol. The number of rotatable bonds is 3. The van der Waals surface area contributed by atoms with Crippen LogP contribution in [0.15, 0.2) is 24.5 Å². The van der Waals surface area contributed by atoms with Crippen LogP contribution in [-0.2, 0) is 6.42 Å². The number of H-pyrrole nitrogens is 1. The van der Waals surface area contributed by atoms with Gasteiger partial charge >= 0.3 is 0 Å². The molecule has 15 heavy (non-hydrogen) atoms. The van der Waals surface area contributed by atoms with Crippen molar-refractivity contribution in [2.45, 2.75) is 19.4 Å². The summed E-state index contributed by atoms with van der Waals surface area (Å²) in [7, 11) is 0. The number of nitrogens with one attached hydrogen (secondary N) is 1. The molecule has 0 aliphatic rings. The second-order valence-electron chi connectivity index (χ2n) is 3.47. The maximum Gasteiger partial charge on any atom is 0.167 e. The molecule has 2 aromatic heterocycles. The normalized spacial score (nSPS) is 12.7. The van der Waals surface area contributed by atoms with Crippen LogP contribution < -0.4 is 5.73 Å². The molecule has 2 aromatic rings. The molecule has 0 saturated heterocycles. The Labute approximate surface area is 87.8 Å². The molecule has 0 fully saturated rings. The third kappa shape index (κ3) is 2.38.